The second kappa shape index (κ2) is 5.04. The maximum atomic E-state index is 12.6. The molecule has 13 heavy (non-hydrogen) atoms. The Morgan fingerprint density at radius 3 is 2.92 bits per heavy atom. The molecule has 72 valence electrons. The number of halogens is 1. The predicted molar refractivity (Wildman–Crippen MR) is 50.0 cm³/mol. The highest BCUT2D eigenvalue weighted by Gasteiger charge is 2.01. The molecule has 0 saturated heterocycles. The van der Waals surface area contributed by atoms with E-state index >= 15 is 0 Å². The van der Waals surface area contributed by atoms with Crippen LogP contribution in [0.4, 0.5) is 4.39 Å². The first kappa shape index (κ1) is 10.3. The van der Waals surface area contributed by atoms with Crippen LogP contribution in [0.15, 0.2) is 18.5 Å². The molecule has 1 aromatic heterocycles. The minimum atomic E-state index is -1.01. The van der Waals surface area contributed by atoms with Crippen LogP contribution in [0.25, 0.3) is 0 Å². The van der Waals surface area contributed by atoms with Crippen molar-refractivity contribution >= 4 is 10.8 Å². The van der Waals surface area contributed by atoms with E-state index in [0.717, 1.165) is 6.20 Å². The second-order valence-corrected chi connectivity index (χ2v) is 4.16. The van der Waals surface area contributed by atoms with Crippen molar-refractivity contribution in [1.82, 2.24) is 4.98 Å². The van der Waals surface area contributed by atoms with Crippen molar-refractivity contribution in [3.05, 3.63) is 29.8 Å². The molecular formula is C8H11FN2OS. The van der Waals surface area contributed by atoms with Crippen molar-refractivity contribution in [2.75, 3.05) is 12.3 Å². The first-order valence-electron chi connectivity index (χ1n) is 3.87. The van der Waals surface area contributed by atoms with Gasteiger partial charge in [-0.2, -0.15) is 0 Å². The third-order valence-corrected chi connectivity index (χ3v) is 2.78. The minimum Gasteiger partial charge on any atom is -0.330 e. The summed E-state index contributed by atoms with van der Waals surface area (Å²) in [6.45, 7) is 0.384. The Balaban J connectivity index is 2.58. The molecule has 3 nitrogen and oxygen atoms in total. The lowest BCUT2D eigenvalue weighted by molar-refractivity contribution is 0.619. The highest BCUT2D eigenvalue weighted by molar-refractivity contribution is 7.84. The predicted octanol–water partition coefficient (Wildman–Crippen LogP) is 0.428. The van der Waals surface area contributed by atoms with Crippen LogP contribution in [0.5, 0.6) is 0 Å². The molecule has 1 rings (SSSR count). The summed E-state index contributed by atoms with van der Waals surface area (Å²) in [6, 6.07) is 1.33. The fraction of sp³-hybridized carbons (Fsp3) is 0.375. The van der Waals surface area contributed by atoms with Crippen LogP contribution in [0.3, 0.4) is 0 Å². The van der Waals surface area contributed by atoms with Crippen LogP contribution in [0.2, 0.25) is 0 Å². The zero-order valence-corrected chi connectivity index (χ0v) is 7.89. The van der Waals surface area contributed by atoms with Gasteiger partial charge in [0.2, 0.25) is 0 Å². The summed E-state index contributed by atoms with van der Waals surface area (Å²) in [5, 5.41) is 0. The molecule has 0 amide bonds. The molecule has 0 spiro atoms. The Bertz CT molecular complexity index is 306. The maximum Gasteiger partial charge on any atom is 0.141 e. The molecule has 0 aliphatic carbocycles. The third kappa shape index (κ3) is 3.61. The van der Waals surface area contributed by atoms with Crippen LogP contribution in [0.1, 0.15) is 5.56 Å². The lowest BCUT2D eigenvalue weighted by Crippen LogP contribution is -2.11. The highest BCUT2D eigenvalue weighted by Crippen LogP contribution is 2.03. The van der Waals surface area contributed by atoms with Crippen molar-refractivity contribution in [2.45, 2.75) is 5.75 Å². The zero-order valence-electron chi connectivity index (χ0n) is 7.07. The average molecular weight is 202 g/mol. The van der Waals surface area contributed by atoms with Gasteiger partial charge in [0, 0.05) is 29.3 Å². The zero-order chi connectivity index (χ0) is 9.68. The Kier molecular flexibility index (Phi) is 3.98. The molecular weight excluding hydrogens is 191 g/mol. The largest absolute Gasteiger partial charge is 0.330 e. The lowest BCUT2D eigenvalue weighted by atomic mass is 10.3. The van der Waals surface area contributed by atoms with Crippen molar-refractivity contribution in [1.29, 1.82) is 0 Å². The topological polar surface area (TPSA) is 56.0 Å². The van der Waals surface area contributed by atoms with E-state index in [0.29, 0.717) is 23.6 Å². The van der Waals surface area contributed by atoms with Crippen LogP contribution >= 0.6 is 0 Å². The van der Waals surface area contributed by atoms with Crippen molar-refractivity contribution in [2.24, 2.45) is 5.73 Å². The fourth-order valence-electron chi connectivity index (χ4n) is 0.924. The molecule has 5 heteroatoms. The molecule has 0 fully saturated rings. The van der Waals surface area contributed by atoms with E-state index in [2.05, 4.69) is 4.98 Å². The Labute approximate surface area is 78.6 Å². The summed E-state index contributed by atoms with van der Waals surface area (Å²) in [5.41, 5.74) is 5.88. The average Bonchev–Trinajstić information content (AvgIpc) is 2.04. The summed E-state index contributed by atoms with van der Waals surface area (Å²) in [6.07, 6.45) is 2.63. The summed E-state index contributed by atoms with van der Waals surface area (Å²) < 4.78 is 23.8. The molecule has 2 N–H and O–H groups in total. The van der Waals surface area contributed by atoms with Gasteiger partial charge in [-0.3, -0.25) is 9.19 Å². The summed E-state index contributed by atoms with van der Waals surface area (Å²) in [5.74, 6) is 0.362. The normalized spacial score (nSPS) is 12.8. The van der Waals surface area contributed by atoms with Gasteiger partial charge in [0.05, 0.1) is 11.9 Å². The standard InChI is InChI=1S/C8H11FN2OS/c9-8-3-7(4-11-5-8)6-13(12)2-1-10/h3-5H,1-2,6,10H2. The van der Waals surface area contributed by atoms with Crippen molar-refractivity contribution in [3.63, 3.8) is 0 Å². The van der Waals surface area contributed by atoms with E-state index in [9.17, 15) is 8.60 Å². The summed E-state index contributed by atoms with van der Waals surface area (Å²) in [7, 11) is -1.01. The molecule has 0 aliphatic rings. The lowest BCUT2D eigenvalue weighted by Gasteiger charge is -1.99. The van der Waals surface area contributed by atoms with Gasteiger partial charge in [-0.15, -0.1) is 0 Å². The Morgan fingerprint density at radius 2 is 2.31 bits per heavy atom. The SMILES string of the molecule is NCCS(=O)Cc1cncc(F)c1. The van der Waals surface area contributed by atoms with Gasteiger partial charge in [-0.1, -0.05) is 0 Å². The minimum absolute atomic E-state index is 0.321. The summed E-state index contributed by atoms with van der Waals surface area (Å²) in [4.78, 5) is 3.66. The molecule has 0 radical (unpaired) electrons. The first-order valence-corrected chi connectivity index (χ1v) is 5.35. The quantitative estimate of drug-likeness (QED) is 0.770. The molecule has 0 saturated carbocycles. The van der Waals surface area contributed by atoms with E-state index in [1.54, 1.807) is 0 Å². The summed E-state index contributed by atoms with van der Waals surface area (Å²) >= 11 is 0. The van der Waals surface area contributed by atoms with E-state index in [1.165, 1.54) is 12.3 Å². The first-order chi connectivity index (χ1) is 6.22. The van der Waals surface area contributed by atoms with Crippen LogP contribution < -0.4 is 5.73 Å². The Morgan fingerprint density at radius 1 is 1.54 bits per heavy atom. The van der Waals surface area contributed by atoms with Gasteiger partial charge in [0.15, 0.2) is 0 Å². The second-order valence-electron chi connectivity index (χ2n) is 2.59. The number of pyridine rings is 1. The van der Waals surface area contributed by atoms with E-state index in [1.807, 2.05) is 0 Å². The van der Waals surface area contributed by atoms with Crippen LogP contribution in [-0.2, 0) is 16.6 Å². The number of nitrogens with two attached hydrogens (primary N) is 1. The van der Waals surface area contributed by atoms with Gasteiger partial charge in [0.1, 0.15) is 5.82 Å². The van der Waals surface area contributed by atoms with Crippen LogP contribution in [0, 0.1) is 5.82 Å². The highest BCUT2D eigenvalue weighted by atomic mass is 32.2. The molecule has 1 aromatic rings. The monoisotopic (exact) mass is 202 g/mol. The van der Waals surface area contributed by atoms with E-state index < -0.39 is 16.6 Å². The van der Waals surface area contributed by atoms with Gasteiger partial charge in [0.25, 0.3) is 0 Å². The van der Waals surface area contributed by atoms with Crippen LogP contribution in [-0.4, -0.2) is 21.5 Å². The molecule has 0 aliphatic heterocycles. The number of hydrogen-bond acceptors (Lipinski definition) is 3. The molecule has 0 bridgehead atoms. The maximum absolute atomic E-state index is 12.6. The molecule has 0 aromatic carbocycles. The van der Waals surface area contributed by atoms with E-state index in [4.69, 9.17) is 5.73 Å². The smallest absolute Gasteiger partial charge is 0.141 e. The Hall–Kier alpha value is -0.810. The number of rotatable bonds is 4. The van der Waals surface area contributed by atoms with E-state index in [-0.39, 0.29) is 0 Å². The third-order valence-electron chi connectivity index (χ3n) is 1.43. The molecule has 1 unspecified atom stereocenters. The van der Waals surface area contributed by atoms with Gasteiger partial charge >= 0.3 is 0 Å². The number of aromatic nitrogens is 1. The fourth-order valence-corrected chi connectivity index (χ4v) is 1.86. The molecule has 1 heterocycles. The van der Waals surface area contributed by atoms with Gasteiger partial charge in [-0.25, -0.2) is 4.39 Å². The van der Waals surface area contributed by atoms with Crippen molar-refractivity contribution in [3.8, 4) is 0 Å². The number of nitrogens with zero attached hydrogens (tertiary/aromatic N) is 1. The van der Waals surface area contributed by atoms with Gasteiger partial charge < -0.3 is 5.73 Å². The molecule has 1 atom stereocenters. The van der Waals surface area contributed by atoms with Gasteiger partial charge in [-0.05, 0) is 11.6 Å². The van der Waals surface area contributed by atoms with Crippen molar-refractivity contribution < 1.29 is 8.60 Å². The number of hydrogen-bond donors (Lipinski definition) is 1.